The van der Waals surface area contributed by atoms with Gasteiger partial charge < -0.3 is 15.0 Å². The standard InChI is InChI=1S/C18H24N4O2/c1-4-22-13(2)11-16(20-22)18(23)21-10-9-19-12-17(21)14-5-7-15(24-3)8-6-14/h5-8,11,17,19H,4,9-10,12H2,1-3H3/t17-/m1/s1. The molecule has 1 aromatic heterocycles. The number of hydrogen-bond donors (Lipinski definition) is 1. The zero-order valence-electron chi connectivity index (χ0n) is 14.5. The predicted molar refractivity (Wildman–Crippen MR) is 92.3 cm³/mol. The number of aryl methyl sites for hydroxylation is 2. The Bertz CT molecular complexity index is 708. The molecule has 0 bridgehead atoms. The van der Waals surface area contributed by atoms with Crippen LogP contribution in [0.2, 0.25) is 0 Å². The van der Waals surface area contributed by atoms with Gasteiger partial charge in [-0.05, 0) is 37.6 Å². The van der Waals surface area contributed by atoms with E-state index in [-0.39, 0.29) is 11.9 Å². The van der Waals surface area contributed by atoms with Gasteiger partial charge in [-0.15, -0.1) is 0 Å². The number of amides is 1. The van der Waals surface area contributed by atoms with Crippen LogP contribution in [0.3, 0.4) is 0 Å². The number of ether oxygens (including phenoxy) is 1. The van der Waals surface area contributed by atoms with Crippen molar-refractivity contribution in [2.24, 2.45) is 0 Å². The minimum atomic E-state index is -0.00684. The fourth-order valence-corrected chi connectivity index (χ4v) is 3.15. The van der Waals surface area contributed by atoms with Crippen LogP contribution < -0.4 is 10.1 Å². The monoisotopic (exact) mass is 328 g/mol. The van der Waals surface area contributed by atoms with Crippen molar-refractivity contribution in [2.45, 2.75) is 26.4 Å². The Labute approximate surface area is 142 Å². The third-order valence-electron chi connectivity index (χ3n) is 4.50. The van der Waals surface area contributed by atoms with Gasteiger partial charge in [0.25, 0.3) is 5.91 Å². The third kappa shape index (κ3) is 3.14. The molecule has 2 heterocycles. The molecule has 1 fully saturated rings. The summed E-state index contributed by atoms with van der Waals surface area (Å²) >= 11 is 0. The molecule has 3 rings (SSSR count). The van der Waals surface area contributed by atoms with E-state index in [1.165, 1.54) is 0 Å². The summed E-state index contributed by atoms with van der Waals surface area (Å²) in [5, 5.41) is 7.82. The van der Waals surface area contributed by atoms with Crippen LogP contribution in [-0.4, -0.2) is 47.3 Å². The molecule has 0 radical (unpaired) electrons. The Morgan fingerprint density at radius 2 is 2.12 bits per heavy atom. The van der Waals surface area contributed by atoms with Crippen molar-refractivity contribution in [3.63, 3.8) is 0 Å². The van der Waals surface area contributed by atoms with Crippen LogP contribution in [0.5, 0.6) is 5.75 Å². The third-order valence-corrected chi connectivity index (χ3v) is 4.50. The van der Waals surface area contributed by atoms with Gasteiger partial charge in [0, 0.05) is 31.9 Å². The molecule has 0 saturated carbocycles. The number of carbonyl (C=O) groups is 1. The second kappa shape index (κ2) is 7.05. The first-order valence-electron chi connectivity index (χ1n) is 8.34. The second-order valence-corrected chi connectivity index (χ2v) is 5.98. The summed E-state index contributed by atoms with van der Waals surface area (Å²) in [5.74, 6) is 0.810. The van der Waals surface area contributed by atoms with Gasteiger partial charge in [-0.1, -0.05) is 12.1 Å². The largest absolute Gasteiger partial charge is 0.497 e. The Hall–Kier alpha value is -2.34. The molecule has 2 aromatic rings. The number of nitrogens with zero attached hydrogens (tertiary/aromatic N) is 3. The van der Waals surface area contributed by atoms with Gasteiger partial charge in [0.05, 0.1) is 13.2 Å². The predicted octanol–water partition coefficient (Wildman–Crippen LogP) is 2.01. The summed E-state index contributed by atoms with van der Waals surface area (Å²) < 4.78 is 7.08. The van der Waals surface area contributed by atoms with Gasteiger partial charge in [-0.25, -0.2) is 0 Å². The zero-order valence-corrected chi connectivity index (χ0v) is 14.5. The molecule has 6 nitrogen and oxygen atoms in total. The first kappa shape index (κ1) is 16.5. The van der Waals surface area contributed by atoms with Gasteiger partial charge in [0.1, 0.15) is 5.75 Å². The number of nitrogens with one attached hydrogen (secondary N) is 1. The summed E-state index contributed by atoms with van der Waals surface area (Å²) in [6.07, 6.45) is 0. The second-order valence-electron chi connectivity index (χ2n) is 5.98. The van der Waals surface area contributed by atoms with E-state index in [0.717, 1.165) is 36.6 Å². The fourth-order valence-electron chi connectivity index (χ4n) is 3.15. The quantitative estimate of drug-likeness (QED) is 0.933. The summed E-state index contributed by atoms with van der Waals surface area (Å²) in [6, 6.07) is 9.79. The van der Waals surface area contributed by atoms with Crippen LogP contribution >= 0.6 is 0 Å². The van der Waals surface area contributed by atoms with Crippen molar-refractivity contribution < 1.29 is 9.53 Å². The van der Waals surface area contributed by atoms with E-state index in [2.05, 4.69) is 10.4 Å². The lowest BCUT2D eigenvalue weighted by Gasteiger charge is -2.36. The van der Waals surface area contributed by atoms with Crippen molar-refractivity contribution in [3.8, 4) is 5.75 Å². The number of aromatic nitrogens is 2. The average Bonchev–Trinajstić information content (AvgIpc) is 3.02. The average molecular weight is 328 g/mol. The van der Waals surface area contributed by atoms with E-state index in [9.17, 15) is 4.79 Å². The molecule has 1 saturated heterocycles. The van der Waals surface area contributed by atoms with Gasteiger partial charge in [0.2, 0.25) is 0 Å². The number of piperazine rings is 1. The lowest BCUT2D eigenvalue weighted by atomic mass is 10.0. The van der Waals surface area contributed by atoms with Gasteiger partial charge >= 0.3 is 0 Å². The number of carbonyl (C=O) groups excluding carboxylic acids is 1. The lowest BCUT2D eigenvalue weighted by Crippen LogP contribution is -2.48. The maximum absolute atomic E-state index is 13.0. The van der Waals surface area contributed by atoms with E-state index < -0.39 is 0 Å². The topological polar surface area (TPSA) is 59.4 Å². The molecular formula is C18H24N4O2. The Morgan fingerprint density at radius 3 is 2.75 bits per heavy atom. The highest BCUT2D eigenvalue weighted by Gasteiger charge is 2.30. The number of rotatable bonds is 4. The van der Waals surface area contributed by atoms with Crippen LogP contribution in [0.4, 0.5) is 0 Å². The summed E-state index contributed by atoms with van der Waals surface area (Å²) in [5.41, 5.74) is 2.63. The molecule has 1 N–H and O–H groups in total. The number of methoxy groups -OCH3 is 1. The highest BCUT2D eigenvalue weighted by Crippen LogP contribution is 2.26. The molecule has 1 aliphatic rings. The van der Waals surface area contributed by atoms with E-state index in [0.29, 0.717) is 12.2 Å². The highest BCUT2D eigenvalue weighted by atomic mass is 16.5. The molecular weight excluding hydrogens is 304 g/mol. The summed E-state index contributed by atoms with van der Waals surface area (Å²) in [4.78, 5) is 14.9. The minimum absolute atomic E-state index is 0.00392. The first-order chi connectivity index (χ1) is 11.6. The molecule has 1 amide bonds. The smallest absolute Gasteiger partial charge is 0.274 e. The summed E-state index contributed by atoms with van der Waals surface area (Å²) in [7, 11) is 1.65. The molecule has 24 heavy (non-hydrogen) atoms. The first-order valence-corrected chi connectivity index (χ1v) is 8.34. The SMILES string of the molecule is CCn1nc(C(=O)N2CCNC[C@@H]2c2ccc(OC)cc2)cc1C. The zero-order chi connectivity index (χ0) is 17.1. The van der Waals surface area contributed by atoms with Crippen molar-refractivity contribution in [3.05, 3.63) is 47.3 Å². The van der Waals surface area contributed by atoms with Crippen molar-refractivity contribution in [2.75, 3.05) is 26.7 Å². The molecule has 0 aliphatic carbocycles. The van der Waals surface area contributed by atoms with Crippen LogP contribution in [-0.2, 0) is 6.54 Å². The minimum Gasteiger partial charge on any atom is -0.497 e. The van der Waals surface area contributed by atoms with E-state index >= 15 is 0 Å². The number of hydrogen-bond acceptors (Lipinski definition) is 4. The van der Waals surface area contributed by atoms with Gasteiger partial charge in [-0.3, -0.25) is 9.48 Å². The maximum atomic E-state index is 13.0. The van der Waals surface area contributed by atoms with E-state index in [1.54, 1.807) is 7.11 Å². The number of benzene rings is 1. The lowest BCUT2D eigenvalue weighted by molar-refractivity contribution is 0.0627. The summed E-state index contributed by atoms with van der Waals surface area (Å²) in [6.45, 7) is 6.98. The maximum Gasteiger partial charge on any atom is 0.274 e. The van der Waals surface area contributed by atoms with Gasteiger partial charge in [-0.2, -0.15) is 5.10 Å². The molecule has 128 valence electrons. The molecule has 0 unspecified atom stereocenters. The molecule has 1 aromatic carbocycles. The normalized spacial score (nSPS) is 17.8. The molecule has 1 atom stereocenters. The van der Waals surface area contributed by atoms with Crippen LogP contribution in [0.25, 0.3) is 0 Å². The Balaban J connectivity index is 1.86. The highest BCUT2D eigenvalue weighted by molar-refractivity contribution is 5.92. The van der Waals surface area contributed by atoms with Crippen LogP contribution in [0.1, 0.15) is 34.7 Å². The van der Waals surface area contributed by atoms with Crippen molar-refractivity contribution in [1.29, 1.82) is 0 Å². The molecule has 1 aliphatic heterocycles. The fraction of sp³-hybridized carbons (Fsp3) is 0.444. The van der Waals surface area contributed by atoms with Crippen LogP contribution in [0, 0.1) is 6.92 Å². The van der Waals surface area contributed by atoms with Gasteiger partial charge in [0.15, 0.2) is 5.69 Å². The Kier molecular flexibility index (Phi) is 4.85. The van der Waals surface area contributed by atoms with E-state index in [4.69, 9.17) is 4.74 Å². The van der Waals surface area contributed by atoms with E-state index in [1.807, 2.05) is 53.8 Å². The van der Waals surface area contributed by atoms with Crippen molar-refractivity contribution >= 4 is 5.91 Å². The van der Waals surface area contributed by atoms with Crippen LogP contribution in [0.15, 0.2) is 30.3 Å². The van der Waals surface area contributed by atoms with Crippen molar-refractivity contribution in [1.82, 2.24) is 20.0 Å². The Morgan fingerprint density at radius 1 is 1.38 bits per heavy atom. The molecule has 6 heteroatoms. The molecule has 0 spiro atoms.